The minimum Gasteiger partial charge on any atom is -0.354 e. The maximum Gasteiger partial charge on any atom is 0.219 e. The van der Waals surface area contributed by atoms with Gasteiger partial charge in [-0.25, -0.2) is 0 Å². The lowest BCUT2D eigenvalue weighted by Crippen LogP contribution is -2.43. The topological polar surface area (TPSA) is 66.5 Å². The van der Waals surface area contributed by atoms with E-state index in [4.69, 9.17) is 0 Å². The minimum absolute atomic E-state index is 0.0502. The van der Waals surface area contributed by atoms with Crippen LogP contribution in [0.15, 0.2) is 0 Å². The highest BCUT2D eigenvalue weighted by Crippen LogP contribution is 2.04. The van der Waals surface area contributed by atoms with Crippen LogP contribution in [0.1, 0.15) is 26.7 Å². The standard InChI is InChI=1S/C12H22N2O3S/c1-10(16)4-6-14(11(2)17)8-12(13-9-15)5-7-18-3/h9,12H,4-8H2,1-3H3,(H,13,15)/t12-/m1/s1. The van der Waals surface area contributed by atoms with E-state index < -0.39 is 0 Å². The summed E-state index contributed by atoms with van der Waals surface area (Å²) in [7, 11) is 0. The quantitative estimate of drug-likeness (QED) is 0.595. The Bertz CT molecular complexity index is 284. The number of hydrogen-bond acceptors (Lipinski definition) is 4. The Kier molecular flexibility index (Phi) is 9.36. The Morgan fingerprint density at radius 3 is 2.50 bits per heavy atom. The fourth-order valence-electron chi connectivity index (χ4n) is 1.52. The average molecular weight is 274 g/mol. The Hall–Kier alpha value is -1.04. The second-order valence-corrected chi connectivity index (χ2v) is 5.17. The van der Waals surface area contributed by atoms with Crippen LogP contribution in [-0.4, -0.2) is 54.1 Å². The molecular formula is C12H22N2O3S. The van der Waals surface area contributed by atoms with Crippen LogP contribution in [0.4, 0.5) is 0 Å². The molecule has 0 heterocycles. The zero-order chi connectivity index (χ0) is 14.0. The van der Waals surface area contributed by atoms with E-state index in [1.807, 2.05) is 6.26 Å². The van der Waals surface area contributed by atoms with Crippen molar-refractivity contribution in [3.63, 3.8) is 0 Å². The molecule has 0 fully saturated rings. The molecule has 0 aliphatic heterocycles. The molecule has 1 atom stereocenters. The van der Waals surface area contributed by atoms with Crippen molar-refractivity contribution in [2.75, 3.05) is 25.1 Å². The van der Waals surface area contributed by atoms with Crippen LogP contribution >= 0.6 is 11.8 Å². The number of rotatable bonds is 10. The molecule has 0 radical (unpaired) electrons. The summed E-state index contributed by atoms with van der Waals surface area (Å²) in [6, 6.07) is -0.0502. The second kappa shape index (κ2) is 9.94. The number of thioether (sulfide) groups is 1. The zero-order valence-electron chi connectivity index (χ0n) is 11.3. The lowest BCUT2D eigenvalue weighted by Gasteiger charge is -2.26. The molecule has 0 aromatic rings. The fourth-order valence-corrected chi connectivity index (χ4v) is 2.04. The Morgan fingerprint density at radius 1 is 1.39 bits per heavy atom. The first-order chi connectivity index (χ1) is 8.51. The van der Waals surface area contributed by atoms with Crippen LogP contribution in [-0.2, 0) is 14.4 Å². The summed E-state index contributed by atoms with van der Waals surface area (Å²) in [6.07, 6.45) is 3.82. The third-order valence-electron chi connectivity index (χ3n) is 2.59. The van der Waals surface area contributed by atoms with Crippen molar-refractivity contribution in [2.45, 2.75) is 32.7 Å². The van der Waals surface area contributed by atoms with Crippen molar-refractivity contribution in [3.8, 4) is 0 Å². The zero-order valence-corrected chi connectivity index (χ0v) is 12.1. The molecule has 0 aliphatic rings. The van der Waals surface area contributed by atoms with Crippen LogP contribution in [0.25, 0.3) is 0 Å². The summed E-state index contributed by atoms with van der Waals surface area (Å²) in [6.45, 7) is 3.86. The van der Waals surface area contributed by atoms with E-state index in [9.17, 15) is 14.4 Å². The van der Waals surface area contributed by atoms with Crippen LogP contribution in [0, 0.1) is 0 Å². The number of ketones is 1. The molecule has 0 aromatic carbocycles. The van der Waals surface area contributed by atoms with E-state index in [0.717, 1.165) is 12.2 Å². The number of amides is 2. The number of nitrogens with one attached hydrogen (secondary N) is 1. The molecule has 0 saturated heterocycles. The summed E-state index contributed by atoms with van der Waals surface area (Å²) in [5.74, 6) is 0.910. The lowest BCUT2D eigenvalue weighted by molar-refractivity contribution is -0.130. The van der Waals surface area contributed by atoms with Gasteiger partial charge in [-0.05, 0) is 25.4 Å². The summed E-state index contributed by atoms with van der Waals surface area (Å²) in [5, 5.41) is 2.72. The van der Waals surface area contributed by atoms with Crippen molar-refractivity contribution in [3.05, 3.63) is 0 Å². The van der Waals surface area contributed by atoms with Gasteiger partial charge >= 0.3 is 0 Å². The summed E-state index contributed by atoms with van der Waals surface area (Å²) in [4.78, 5) is 34.5. The van der Waals surface area contributed by atoms with Gasteiger partial charge in [0.05, 0.1) is 0 Å². The van der Waals surface area contributed by atoms with Crippen LogP contribution in [0.3, 0.4) is 0 Å². The molecule has 2 amide bonds. The first-order valence-electron chi connectivity index (χ1n) is 5.94. The molecule has 0 bridgehead atoms. The smallest absolute Gasteiger partial charge is 0.219 e. The Balaban J connectivity index is 4.34. The van der Waals surface area contributed by atoms with Crippen molar-refractivity contribution < 1.29 is 14.4 Å². The molecule has 6 heteroatoms. The number of Topliss-reactive ketones (excluding diaryl/α,β-unsaturated/α-hetero) is 1. The Morgan fingerprint density at radius 2 is 2.06 bits per heavy atom. The van der Waals surface area contributed by atoms with Crippen molar-refractivity contribution in [2.24, 2.45) is 0 Å². The van der Waals surface area contributed by atoms with Crippen molar-refractivity contribution in [1.29, 1.82) is 0 Å². The highest BCUT2D eigenvalue weighted by molar-refractivity contribution is 7.98. The number of carbonyl (C=O) groups is 3. The molecule has 0 saturated carbocycles. The fraction of sp³-hybridized carbons (Fsp3) is 0.750. The highest BCUT2D eigenvalue weighted by Gasteiger charge is 2.16. The normalized spacial score (nSPS) is 11.7. The van der Waals surface area contributed by atoms with Gasteiger partial charge in [0.25, 0.3) is 0 Å². The van der Waals surface area contributed by atoms with E-state index >= 15 is 0 Å². The maximum absolute atomic E-state index is 11.5. The maximum atomic E-state index is 11.5. The monoisotopic (exact) mass is 274 g/mol. The largest absolute Gasteiger partial charge is 0.354 e. The Labute approximate surface area is 113 Å². The predicted octanol–water partition coefficient (Wildman–Crippen LogP) is 0.682. The van der Waals surface area contributed by atoms with Gasteiger partial charge in [0.15, 0.2) is 0 Å². The predicted molar refractivity (Wildman–Crippen MR) is 73.5 cm³/mol. The molecule has 18 heavy (non-hydrogen) atoms. The number of carbonyl (C=O) groups excluding carboxylic acids is 3. The number of nitrogens with zero attached hydrogens (tertiary/aromatic N) is 1. The van der Waals surface area contributed by atoms with Gasteiger partial charge in [0, 0.05) is 32.5 Å². The van der Waals surface area contributed by atoms with E-state index in [0.29, 0.717) is 25.9 Å². The third-order valence-corrected chi connectivity index (χ3v) is 3.24. The molecule has 1 N–H and O–H groups in total. The third kappa shape index (κ3) is 8.11. The highest BCUT2D eigenvalue weighted by atomic mass is 32.2. The average Bonchev–Trinajstić information content (AvgIpc) is 2.30. The van der Waals surface area contributed by atoms with Crippen molar-refractivity contribution in [1.82, 2.24) is 10.2 Å². The first kappa shape index (κ1) is 17.0. The van der Waals surface area contributed by atoms with Crippen LogP contribution in [0.5, 0.6) is 0 Å². The first-order valence-corrected chi connectivity index (χ1v) is 7.34. The van der Waals surface area contributed by atoms with Gasteiger partial charge in [0.1, 0.15) is 5.78 Å². The van der Waals surface area contributed by atoms with E-state index in [-0.39, 0.29) is 17.7 Å². The van der Waals surface area contributed by atoms with Gasteiger partial charge in [-0.2, -0.15) is 11.8 Å². The molecule has 0 spiro atoms. The van der Waals surface area contributed by atoms with Crippen LogP contribution in [0.2, 0.25) is 0 Å². The van der Waals surface area contributed by atoms with E-state index in [1.165, 1.54) is 13.8 Å². The lowest BCUT2D eigenvalue weighted by atomic mass is 10.2. The summed E-state index contributed by atoms with van der Waals surface area (Å²) < 4.78 is 0. The van der Waals surface area contributed by atoms with Gasteiger partial charge in [-0.15, -0.1) is 0 Å². The van der Waals surface area contributed by atoms with Crippen LogP contribution < -0.4 is 5.32 Å². The molecule has 0 aliphatic carbocycles. The van der Waals surface area contributed by atoms with E-state index in [2.05, 4.69) is 5.32 Å². The minimum atomic E-state index is -0.0712. The van der Waals surface area contributed by atoms with Gasteiger partial charge in [-0.1, -0.05) is 0 Å². The molecule has 0 aromatic heterocycles. The molecule has 5 nitrogen and oxygen atoms in total. The second-order valence-electron chi connectivity index (χ2n) is 4.18. The molecular weight excluding hydrogens is 252 g/mol. The summed E-state index contributed by atoms with van der Waals surface area (Å²) in [5.41, 5.74) is 0. The SMILES string of the molecule is CSCC[C@H](CN(CCC(C)=O)C(C)=O)NC=O. The molecule has 0 rings (SSSR count). The molecule has 0 unspecified atom stereocenters. The van der Waals surface area contributed by atoms with Crippen molar-refractivity contribution >= 4 is 29.9 Å². The van der Waals surface area contributed by atoms with Gasteiger partial charge < -0.3 is 10.2 Å². The summed E-state index contributed by atoms with van der Waals surface area (Å²) >= 11 is 1.70. The van der Waals surface area contributed by atoms with Gasteiger partial charge in [-0.3, -0.25) is 14.4 Å². The van der Waals surface area contributed by atoms with E-state index in [1.54, 1.807) is 16.7 Å². The molecule has 104 valence electrons. The number of hydrogen-bond donors (Lipinski definition) is 1. The van der Waals surface area contributed by atoms with Gasteiger partial charge in [0.2, 0.25) is 12.3 Å².